The molecule has 1 N–H and O–H groups in total. The Morgan fingerprint density at radius 1 is 0.833 bits per heavy atom. The smallest absolute Gasteiger partial charge is 0.217 e. The van der Waals surface area contributed by atoms with Crippen LogP contribution in [0.15, 0.2) is 91.0 Å². The van der Waals surface area contributed by atoms with Gasteiger partial charge in [0.1, 0.15) is 24.4 Å². The first kappa shape index (κ1) is 24.6. The van der Waals surface area contributed by atoms with E-state index in [2.05, 4.69) is 5.32 Å². The molecular formula is C29H31NO6. The van der Waals surface area contributed by atoms with Crippen LogP contribution in [0.3, 0.4) is 0 Å². The number of carbonyl (C=O) groups is 1. The number of benzene rings is 3. The number of fused-ring (bicyclic) bond motifs is 1. The van der Waals surface area contributed by atoms with E-state index in [0.29, 0.717) is 19.8 Å². The molecule has 2 saturated heterocycles. The lowest BCUT2D eigenvalue weighted by atomic mass is 9.95. The lowest BCUT2D eigenvalue weighted by Gasteiger charge is -2.49. The van der Waals surface area contributed by atoms with Crippen LogP contribution < -0.4 is 5.32 Å². The highest BCUT2D eigenvalue weighted by molar-refractivity contribution is 5.73. The number of carbonyl (C=O) groups excluding carboxylic acids is 1. The van der Waals surface area contributed by atoms with Gasteiger partial charge in [-0.1, -0.05) is 91.0 Å². The van der Waals surface area contributed by atoms with E-state index >= 15 is 0 Å². The summed E-state index contributed by atoms with van der Waals surface area (Å²) < 4.78 is 31.4. The first-order valence-corrected chi connectivity index (χ1v) is 12.2. The maximum atomic E-state index is 12.3. The van der Waals surface area contributed by atoms with Crippen molar-refractivity contribution >= 4 is 5.91 Å². The molecule has 2 aliphatic rings. The van der Waals surface area contributed by atoms with Crippen LogP contribution in [-0.2, 0) is 41.7 Å². The van der Waals surface area contributed by atoms with Crippen molar-refractivity contribution in [3.8, 4) is 0 Å². The minimum atomic E-state index is -0.739. The zero-order chi connectivity index (χ0) is 24.7. The highest BCUT2D eigenvalue weighted by Gasteiger charge is 2.51. The fourth-order valence-corrected chi connectivity index (χ4v) is 4.60. The summed E-state index contributed by atoms with van der Waals surface area (Å²) in [5.41, 5.74) is 2.94. The van der Waals surface area contributed by atoms with Crippen LogP contribution in [-0.4, -0.2) is 43.2 Å². The Hall–Kier alpha value is -3.07. The van der Waals surface area contributed by atoms with Crippen LogP contribution >= 0.6 is 0 Å². The topological polar surface area (TPSA) is 75.3 Å². The summed E-state index contributed by atoms with van der Waals surface area (Å²) in [6, 6.07) is 29.0. The molecular weight excluding hydrogens is 458 g/mol. The van der Waals surface area contributed by atoms with Crippen LogP contribution in [0, 0.1) is 0 Å². The zero-order valence-electron chi connectivity index (χ0n) is 20.2. The van der Waals surface area contributed by atoms with Crippen LogP contribution in [0.5, 0.6) is 0 Å². The van der Waals surface area contributed by atoms with Crippen molar-refractivity contribution in [1.29, 1.82) is 0 Å². The molecule has 6 atom stereocenters. The Kier molecular flexibility index (Phi) is 8.05. The molecule has 0 radical (unpaired) electrons. The summed E-state index contributed by atoms with van der Waals surface area (Å²) in [5.74, 6) is -0.199. The molecule has 3 aromatic carbocycles. The molecule has 7 nitrogen and oxygen atoms in total. The Labute approximate surface area is 211 Å². The van der Waals surface area contributed by atoms with E-state index in [0.717, 1.165) is 16.7 Å². The highest BCUT2D eigenvalue weighted by atomic mass is 16.7. The molecule has 0 spiro atoms. The van der Waals surface area contributed by atoms with Crippen molar-refractivity contribution in [2.24, 2.45) is 0 Å². The molecule has 0 bridgehead atoms. The van der Waals surface area contributed by atoms with Crippen molar-refractivity contribution in [1.82, 2.24) is 5.32 Å². The van der Waals surface area contributed by atoms with Crippen LogP contribution in [0.25, 0.3) is 0 Å². The average Bonchev–Trinajstić information content (AvgIpc) is 2.92. The largest absolute Gasteiger partial charge is 0.368 e. The summed E-state index contributed by atoms with van der Waals surface area (Å²) in [4.78, 5) is 12.3. The first-order valence-electron chi connectivity index (χ1n) is 12.2. The first-order chi connectivity index (χ1) is 17.7. The van der Waals surface area contributed by atoms with Crippen molar-refractivity contribution in [2.45, 2.75) is 57.1 Å². The molecule has 3 aromatic rings. The highest BCUT2D eigenvalue weighted by Crippen LogP contribution is 2.36. The quantitative estimate of drug-likeness (QED) is 0.513. The third-order valence-corrected chi connectivity index (χ3v) is 6.32. The summed E-state index contributed by atoms with van der Waals surface area (Å²) in [7, 11) is 0. The van der Waals surface area contributed by atoms with E-state index in [1.807, 2.05) is 91.0 Å². The fourth-order valence-electron chi connectivity index (χ4n) is 4.60. The van der Waals surface area contributed by atoms with E-state index in [1.54, 1.807) is 0 Å². The molecule has 0 saturated carbocycles. The number of hydrogen-bond donors (Lipinski definition) is 1. The van der Waals surface area contributed by atoms with Crippen LogP contribution in [0.4, 0.5) is 0 Å². The van der Waals surface area contributed by atoms with Gasteiger partial charge in [0.25, 0.3) is 0 Å². The van der Waals surface area contributed by atoms with Gasteiger partial charge in [-0.15, -0.1) is 0 Å². The maximum absolute atomic E-state index is 12.3. The lowest BCUT2D eigenvalue weighted by molar-refractivity contribution is -0.350. The van der Waals surface area contributed by atoms with Gasteiger partial charge in [-0.25, -0.2) is 0 Å². The van der Waals surface area contributed by atoms with Crippen LogP contribution in [0.2, 0.25) is 0 Å². The monoisotopic (exact) mass is 489 g/mol. The van der Waals surface area contributed by atoms with Crippen molar-refractivity contribution < 1.29 is 28.5 Å². The standard InChI is InChI=1S/C29H31NO6/c1-20(31)30-25-27(32-17-21-11-5-2-6-12-21)26-24(19-34-28(36-26)23-15-9-4-10-16-23)35-29(25)33-18-22-13-7-3-8-14-22/h2-16,24-29H,17-19H2,1H3,(H,30,31)/t24-,25+,26-,27+,28?,29-/m0/s1. The van der Waals surface area contributed by atoms with Gasteiger partial charge in [0.05, 0.1) is 19.8 Å². The summed E-state index contributed by atoms with van der Waals surface area (Å²) in [6.45, 7) is 2.48. The Bertz CT molecular complexity index is 1100. The van der Waals surface area contributed by atoms with E-state index in [4.69, 9.17) is 23.7 Å². The fraction of sp³-hybridized carbons (Fsp3) is 0.345. The van der Waals surface area contributed by atoms with E-state index < -0.39 is 36.9 Å². The normalized spacial score (nSPS) is 27.7. The maximum Gasteiger partial charge on any atom is 0.217 e. The molecule has 36 heavy (non-hydrogen) atoms. The van der Waals surface area contributed by atoms with Gasteiger partial charge in [-0.3, -0.25) is 4.79 Å². The average molecular weight is 490 g/mol. The van der Waals surface area contributed by atoms with Crippen molar-refractivity contribution in [3.63, 3.8) is 0 Å². The van der Waals surface area contributed by atoms with Gasteiger partial charge in [0, 0.05) is 12.5 Å². The molecule has 188 valence electrons. The number of amides is 1. The molecule has 2 fully saturated rings. The SMILES string of the molecule is CC(=O)N[C@H]1[C@@H](OCc2ccccc2)O[C@H]2COC(c3ccccc3)O[C@@H]2[C@@H]1OCc1ccccc1. The molecule has 2 aliphatic heterocycles. The van der Waals surface area contributed by atoms with E-state index in [-0.39, 0.29) is 5.91 Å². The van der Waals surface area contributed by atoms with E-state index in [9.17, 15) is 4.79 Å². The van der Waals surface area contributed by atoms with Gasteiger partial charge in [0.15, 0.2) is 12.6 Å². The second-order valence-corrected chi connectivity index (χ2v) is 9.00. The van der Waals surface area contributed by atoms with Crippen molar-refractivity contribution in [2.75, 3.05) is 6.61 Å². The molecule has 0 aromatic heterocycles. The Morgan fingerprint density at radius 2 is 1.42 bits per heavy atom. The summed E-state index contributed by atoms with van der Waals surface area (Å²) in [5, 5.41) is 3.01. The zero-order valence-corrected chi connectivity index (χ0v) is 20.2. The minimum Gasteiger partial charge on any atom is -0.368 e. The number of hydrogen-bond acceptors (Lipinski definition) is 6. The third kappa shape index (κ3) is 6.00. The lowest BCUT2D eigenvalue weighted by Crippen LogP contribution is -2.67. The van der Waals surface area contributed by atoms with Gasteiger partial charge < -0.3 is 29.0 Å². The second kappa shape index (κ2) is 11.8. The summed E-state index contributed by atoms with van der Waals surface area (Å²) >= 11 is 0. The molecule has 7 heteroatoms. The minimum absolute atomic E-state index is 0.199. The van der Waals surface area contributed by atoms with Gasteiger partial charge in [-0.05, 0) is 11.1 Å². The second-order valence-electron chi connectivity index (χ2n) is 9.00. The molecule has 1 amide bonds. The number of nitrogens with one attached hydrogen (secondary N) is 1. The van der Waals surface area contributed by atoms with Crippen LogP contribution in [0.1, 0.15) is 29.9 Å². The molecule has 1 unspecified atom stereocenters. The van der Waals surface area contributed by atoms with E-state index in [1.165, 1.54) is 6.92 Å². The summed E-state index contributed by atoms with van der Waals surface area (Å²) in [6.07, 6.45) is -2.71. The number of ether oxygens (including phenoxy) is 5. The van der Waals surface area contributed by atoms with Gasteiger partial charge in [0.2, 0.25) is 5.91 Å². The molecule has 5 rings (SSSR count). The van der Waals surface area contributed by atoms with Gasteiger partial charge in [-0.2, -0.15) is 0 Å². The molecule has 2 heterocycles. The van der Waals surface area contributed by atoms with Crippen molar-refractivity contribution in [3.05, 3.63) is 108 Å². The van der Waals surface area contributed by atoms with Gasteiger partial charge >= 0.3 is 0 Å². The Morgan fingerprint density at radius 3 is 2.03 bits per heavy atom. The predicted octanol–water partition coefficient (Wildman–Crippen LogP) is 4.13. The Balaban J connectivity index is 1.40. The predicted molar refractivity (Wildman–Crippen MR) is 133 cm³/mol. The number of rotatable bonds is 8. The third-order valence-electron chi connectivity index (χ3n) is 6.32. The molecule has 0 aliphatic carbocycles.